The molecule has 1 amide bonds. The van der Waals surface area contributed by atoms with Crippen LogP contribution in [-0.2, 0) is 9.53 Å². The quantitative estimate of drug-likeness (QED) is 0.485. The van der Waals surface area contributed by atoms with Crippen LogP contribution in [0.2, 0.25) is 0 Å². The molecule has 2 fully saturated rings. The molecule has 4 nitrogen and oxygen atoms in total. The minimum atomic E-state index is 0.131. The molecule has 2 heterocycles. The molecule has 2 atom stereocenters. The van der Waals surface area contributed by atoms with Crippen LogP contribution in [0.15, 0.2) is 0 Å². The van der Waals surface area contributed by atoms with Crippen LogP contribution in [0, 0.1) is 5.92 Å². The Morgan fingerprint density at radius 2 is 1.82 bits per heavy atom. The molecule has 0 aromatic rings. The Kier molecular flexibility index (Phi) is 10.7. The van der Waals surface area contributed by atoms with Gasteiger partial charge in [0.15, 0.2) is 0 Å². The number of carbonyl (C=O) groups is 1. The first kappa shape index (κ1) is 20.2. The van der Waals surface area contributed by atoms with E-state index in [9.17, 15) is 4.79 Å². The van der Waals surface area contributed by atoms with Crippen molar-refractivity contribution in [3.8, 4) is 0 Å². The van der Waals surface area contributed by atoms with Crippen LogP contribution in [0.25, 0.3) is 0 Å². The van der Waals surface area contributed by atoms with Gasteiger partial charge < -0.3 is 14.5 Å². The van der Waals surface area contributed by atoms with Crippen molar-refractivity contribution >= 4 is 28.5 Å². The Bertz CT molecular complexity index is 309. The summed E-state index contributed by atoms with van der Waals surface area (Å²) in [4.78, 5) is 18.4. The zero-order valence-corrected chi connectivity index (χ0v) is 16.7. The number of nitrogens with zero attached hydrogens (tertiary/aromatic N) is 2. The molecule has 2 aliphatic rings. The van der Waals surface area contributed by atoms with Gasteiger partial charge in [-0.05, 0) is 63.5 Å². The highest BCUT2D eigenvalue weighted by molar-refractivity contribution is 14.1. The highest BCUT2D eigenvalue weighted by Gasteiger charge is 2.33. The van der Waals surface area contributed by atoms with Crippen molar-refractivity contribution in [1.82, 2.24) is 9.80 Å². The molecule has 0 saturated carbocycles. The van der Waals surface area contributed by atoms with Crippen LogP contribution in [0.5, 0.6) is 0 Å². The predicted molar refractivity (Wildman–Crippen MR) is 101 cm³/mol. The maximum atomic E-state index is 11.9. The lowest BCUT2D eigenvalue weighted by Gasteiger charge is -2.44. The Hall–Kier alpha value is 0.120. The monoisotopic (exact) mass is 424 g/mol. The second-order valence-corrected chi connectivity index (χ2v) is 6.08. The van der Waals surface area contributed by atoms with Gasteiger partial charge in [0, 0.05) is 19.1 Å². The van der Waals surface area contributed by atoms with Gasteiger partial charge in [-0.15, -0.1) is 0 Å². The molecule has 2 unspecified atom stereocenters. The zero-order valence-electron chi connectivity index (χ0n) is 14.5. The summed E-state index contributed by atoms with van der Waals surface area (Å²) in [5.41, 5.74) is 0. The minimum Gasteiger partial charge on any atom is -0.371 e. The summed E-state index contributed by atoms with van der Waals surface area (Å²) in [5, 5.41) is 0. The van der Waals surface area contributed by atoms with Gasteiger partial charge in [-0.25, -0.2) is 0 Å². The maximum absolute atomic E-state index is 11.9. The van der Waals surface area contributed by atoms with Gasteiger partial charge in [0.05, 0.1) is 6.61 Å². The van der Waals surface area contributed by atoms with Gasteiger partial charge in [-0.2, -0.15) is 0 Å². The average Bonchev–Trinajstić information content (AvgIpc) is 2.58. The maximum Gasteiger partial charge on any atom is 0.248 e. The molecule has 2 rings (SSSR count). The average molecular weight is 424 g/mol. The Labute approximate surface area is 150 Å². The molecule has 0 spiro atoms. The van der Waals surface area contributed by atoms with E-state index in [1.165, 1.54) is 45.2 Å². The highest BCUT2D eigenvalue weighted by Crippen LogP contribution is 2.30. The van der Waals surface area contributed by atoms with Gasteiger partial charge in [0.25, 0.3) is 0 Å². The second-order valence-electron chi connectivity index (χ2n) is 6.08. The van der Waals surface area contributed by atoms with E-state index in [1.54, 1.807) is 0 Å². The third-order valence-electron chi connectivity index (χ3n) is 4.90. The van der Waals surface area contributed by atoms with Gasteiger partial charge in [0.1, 0.15) is 6.61 Å². The van der Waals surface area contributed by atoms with E-state index >= 15 is 0 Å². The van der Waals surface area contributed by atoms with E-state index < -0.39 is 0 Å². The minimum absolute atomic E-state index is 0.131. The molecular formula is C17H33IN2O2. The molecule has 0 bridgehead atoms. The largest absolute Gasteiger partial charge is 0.371 e. The van der Waals surface area contributed by atoms with Crippen molar-refractivity contribution < 1.29 is 9.53 Å². The third kappa shape index (κ3) is 5.96. The molecule has 0 aromatic carbocycles. The van der Waals surface area contributed by atoms with Gasteiger partial charge in [0.2, 0.25) is 5.91 Å². The number of rotatable bonds is 6. The number of fused-ring (bicyclic) bond motifs is 1. The van der Waals surface area contributed by atoms with E-state index in [0.717, 1.165) is 19.7 Å². The molecule has 0 radical (unpaired) electrons. The van der Waals surface area contributed by atoms with Crippen molar-refractivity contribution in [1.29, 1.82) is 0 Å². The molecule has 0 N–H and O–H groups in total. The standard InChI is InChI=1S/C16H30N2O2.CH3I/c1-3-17(4-2)16(19)13-20-12-14-8-7-11-18-10-6-5-9-15(14)18;1-2/h14-15H,3-13H2,1-2H3;1H3. The van der Waals surface area contributed by atoms with Crippen LogP contribution < -0.4 is 0 Å². The number of alkyl halides is 1. The summed E-state index contributed by atoms with van der Waals surface area (Å²) in [6.45, 7) is 9.13. The van der Waals surface area contributed by atoms with Gasteiger partial charge in [-0.3, -0.25) is 4.79 Å². The second kappa shape index (κ2) is 11.6. The zero-order chi connectivity index (χ0) is 16.4. The van der Waals surface area contributed by atoms with Crippen molar-refractivity contribution in [2.75, 3.05) is 44.3 Å². The number of hydrogen-bond acceptors (Lipinski definition) is 3. The molecule has 2 aliphatic heterocycles. The Morgan fingerprint density at radius 3 is 2.50 bits per heavy atom. The molecule has 5 heteroatoms. The van der Waals surface area contributed by atoms with E-state index in [1.807, 2.05) is 23.7 Å². The van der Waals surface area contributed by atoms with Crippen LogP contribution >= 0.6 is 22.6 Å². The lowest BCUT2D eigenvalue weighted by molar-refractivity contribution is -0.136. The Balaban J connectivity index is 0.00000116. The van der Waals surface area contributed by atoms with Gasteiger partial charge >= 0.3 is 0 Å². The number of likely N-dealkylation sites (N-methyl/N-ethyl adjacent to an activating group) is 1. The SMILES string of the molecule is CCN(CC)C(=O)COCC1CCCN2CCCCC12.CI. The molecule has 0 aromatic heterocycles. The number of carbonyl (C=O) groups excluding carboxylic acids is 1. The molecule has 0 aliphatic carbocycles. The number of piperidine rings is 2. The highest BCUT2D eigenvalue weighted by atomic mass is 127. The number of ether oxygens (including phenoxy) is 1. The third-order valence-corrected chi connectivity index (χ3v) is 4.90. The van der Waals surface area contributed by atoms with Crippen LogP contribution in [-0.4, -0.2) is 66.1 Å². The van der Waals surface area contributed by atoms with Crippen LogP contribution in [0.3, 0.4) is 0 Å². The fraction of sp³-hybridized carbons (Fsp3) is 0.941. The molecule has 22 heavy (non-hydrogen) atoms. The number of amides is 1. The van der Waals surface area contributed by atoms with E-state index in [0.29, 0.717) is 12.0 Å². The van der Waals surface area contributed by atoms with Crippen LogP contribution in [0.4, 0.5) is 0 Å². The summed E-state index contributed by atoms with van der Waals surface area (Å²) in [6, 6.07) is 0.709. The summed E-state index contributed by atoms with van der Waals surface area (Å²) >= 11 is 2.15. The number of hydrogen-bond donors (Lipinski definition) is 0. The van der Waals surface area contributed by atoms with E-state index in [4.69, 9.17) is 4.74 Å². The summed E-state index contributed by atoms with van der Waals surface area (Å²) in [7, 11) is 0. The summed E-state index contributed by atoms with van der Waals surface area (Å²) < 4.78 is 5.75. The molecule has 2 saturated heterocycles. The fourth-order valence-electron chi connectivity index (χ4n) is 3.74. The Morgan fingerprint density at radius 1 is 1.14 bits per heavy atom. The van der Waals surface area contributed by atoms with Gasteiger partial charge in [-0.1, -0.05) is 29.0 Å². The lowest BCUT2D eigenvalue weighted by Crippen LogP contribution is -2.49. The smallest absolute Gasteiger partial charge is 0.248 e. The summed E-state index contributed by atoms with van der Waals surface area (Å²) in [6.07, 6.45) is 6.58. The topological polar surface area (TPSA) is 32.8 Å². The fourth-order valence-corrected chi connectivity index (χ4v) is 3.74. The molecule has 130 valence electrons. The van der Waals surface area contributed by atoms with E-state index in [2.05, 4.69) is 27.5 Å². The first-order valence-electron chi connectivity index (χ1n) is 8.73. The van der Waals surface area contributed by atoms with Crippen molar-refractivity contribution in [2.45, 2.75) is 52.0 Å². The summed E-state index contributed by atoms with van der Waals surface area (Å²) in [5.74, 6) is 0.764. The lowest BCUT2D eigenvalue weighted by atomic mass is 9.84. The van der Waals surface area contributed by atoms with Crippen molar-refractivity contribution in [2.24, 2.45) is 5.92 Å². The number of halogens is 1. The predicted octanol–water partition coefficient (Wildman–Crippen LogP) is 3.19. The first-order chi connectivity index (χ1) is 10.8. The van der Waals surface area contributed by atoms with Crippen molar-refractivity contribution in [3.63, 3.8) is 0 Å². The van der Waals surface area contributed by atoms with E-state index in [-0.39, 0.29) is 12.5 Å². The van der Waals surface area contributed by atoms with Crippen molar-refractivity contribution in [3.05, 3.63) is 0 Å². The normalized spacial score (nSPS) is 24.9. The van der Waals surface area contributed by atoms with Crippen LogP contribution in [0.1, 0.15) is 46.0 Å². The first-order valence-corrected chi connectivity index (χ1v) is 10.9. The molecular weight excluding hydrogens is 391 g/mol.